The SMILES string of the molecule is CCCC[C@]1(CC)CS(=O)(=O)c2cc(OCC(=O)N[C@@H](C(=O)NCC(=O)O)c3ccccc3)c(SC)cc2[C@@H](c2ccccc2)N1. The van der Waals surface area contributed by atoms with Gasteiger partial charge in [-0.15, -0.1) is 11.8 Å². The lowest BCUT2D eigenvalue weighted by atomic mass is 9.88. The first-order valence-electron chi connectivity index (χ1n) is 15.3. The van der Waals surface area contributed by atoms with E-state index in [-0.39, 0.29) is 22.4 Å². The van der Waals surface area contributed by atoms with Crippen LogP contribution in [0.4, 0.5) is 0 Å². The zero-order valence-electron chi connectivity index (χ0n) is 26.2. The highest BCUT2D eigenvalue weighted by atomic mass is 32.2. The minimum absolute atomic E-state index is 0.0738. The lowest BCUT2D eigenvalue weighted by Gasteiger charge is -2.36. The van der Waals surface area contributed by atoms with Crippen LogP contribution >= 0.6 is 11.8 Å². The predicted octanol–water partition coefficient (Wildman–Crippen LogP) is 4.65. The third-order valence-electron chi connectivity index (χ3n) is 8.15. The van der Waals surface area contributed by atoms with E-state index in [1.807, 2.05) is 49.6 Å². The van der Waals surface area contributed by atoms with Gasteiger partial charge in [0.2, 0.25) is 5.91 Å². The van der Waals surface area contributed by atoms with Crippen LogP contribution in [-0.4, -0.2) is 62.0 Å². The molecule has 2 amide bonds. The number of benzene rings is 3. The first-order chi connectivity index (χ1) is 22.0. The molecule has 0 saturated carbocycles. The Labute approximate surface area is 274 Å². The number of rotatable bonds is 14. The second-order valence-corrected chi connectivity index (χ2v) is 14.1. The maximum Gasteiger partial charge on any atom is 0.322 e. The van der Waals surface area contributed by atoms with Gasteiger partial charge in [-0.3, -0.25) is 19.7 Å². The van der Waals surface area contributed by atoms with Crippen LogP contribution in [0, 0.1) is 0 Å². The molecule has 0 radical (unpaired) electrons. The number of carboxylic acid groups (broad SMARTS) is 1. The molecule has 0 saturated heterocycles. The van der Waals surface area contributed by atoms with Gasteiger partial charge in [-0.1, -0.05) is 87.4 Å². The lowest BCUT2D eigenvalue weighted by molar-refractivity contribution is -0.138. The number of ether oxygens (including phenoxy) is 1. The molecule has 4 N–H and O–H groups in total. The number of unbranched alkanes of at least 4 members (excludes halogenated alkanes) is 1. The van der Waals surface area contributed by atoms with Crippen LogP contribution in [0.15, 0.2) is 82.6 Å². The summed E-state index contributed by atoms with van der Waals surface area (Å²) in [5.74, 6) is -2.39. The molecule has 10 nitrogen and oxygen atoms in total. The number of thioether (sulfide) groups is 1. The van der Waals surface area contributed by atoms with E-state index in [1.165, 1.54) is 17.8 Å². The molecule has 0 unspecified atom stereocenters. The van der Waals surface area contributed by atoms with Crippen molar-refractivity contribution in [3.63, 3.8) is 0 Å². The molecule has 0 aromatic heterocycles. The summed E-state index contributed by atoms with van der Waals surface area (Å²) in [6.07, 6.45) is 5.01. The number of nitrogens with one attached hydrogen (secondary N) is 3. The smallest absolute Gasteiger partial charge is 0.322 e. The number of aliphatic carboxylic acids is 1. The highest BCUT2D eigenvalue weighted by Crippen LogP contribution is 2.42. The van der Waals surface area contributed by atoms with Crippen molar-refractivity contribution in [1.82, 2.24) is 16.0 Å². The first kappa shape index (κ1) is 35.0. The number of amides is 2. The van der Waals surface area contributed by atoms with E-state index >= 15 is 0 Å². The Kier molecular flexibility index (Phi) is 11.9. The molecule has 1 aliphatic rings. The van der Waals surface area contributed by atoms with Gasteiger partial charge in [0.25, 0.3) is 5.91 Å². The number of hydrogen-bond donors (Lipinski definition) is 4. The predicted molar refractivity (Wildman–Crippen MR) is 178 cm³/mol. The molecule has 0 bridgehead atoms. The quantitative estimate of drug-likeness (QED) is 0.180. The standard InChI is InChI=1S/C34H41N3O7S2/c1-4-6-17-34(5-2)22-46(42,43)28-19-26(27(45-3)18-25(28)31(37-34)23-13-9-7-10-14-23)44-21-29(38)36-32(24-15-11-8-12-16-24)33(41)35-20-30(39)40/h7-16,18-19,31-32,37H,4-6,17,20-22H2,1-3H3,(H,35,41)(H,36,38)(H,39,40)/t31-,32-,34-/m1/s1. The van der Waals surface area contributed by atoms with Gasteiger partial charge >= 0.3 is 5.97 Å². The number of carboxylic acids is 1. The molecule has 0 spiro atoms. The van der Waals surface area contributed by atoms with E-state index in [2.05, 4.69) is 22.9 Å². The van der Waals surface area contributed by atoms with Gasteiger partial charge in [0.1, 0.15) is 18.3 Å². The van der Waals surface area contributed by atoms with E-state index in [0.717, 1.165) is 18.4 Å². The minimum atomic E-state index is -3.79. The Morgan fingerprint density at radius 2 is 1.74 bits per heavy atom. The highest BCUT2D eigenvalue weighted by molar-refractivity contribution is 7.98. The lowest BCUT2D eigenvalue weighted by Crippen LogP contribution is -2.50. The molecule has 3 aromatic carbocycles. The summed E-state index contributed by atoms with van der Waals surface area (Å²) in [6.45, 7) is 3.00. The Bertz CT molecular complexity index is 1640. The molecule has 1 aliphatic heterocycles. The van der Waals surface area contributed by atoms with Crippen LogP contribution < -0.4 is 20.7 Å². The van der Waals surface area contributed by atoms with Gasteiger partial charge < -0.3 is 20.5 Å². The number of fused-ring (bicyclic) bond motifs is 1. The summed E-state index contributed by atoms with van der Waals surface area (Å²) in [6, 6.07) is 20.0. The zero-order valence-corrected chi connectivity index (χ0v) is 27.9. The van der Waals surface area contributed by atoms with Gasteiger partial charge in [0.05, 0.1) is 16.7 Å². The molecule has 246 valence electrons. The highest BCUT2D eigenvalue weighted by Gasteiger charge is 2.42. The van der Waals surface area contributed by atoms with Gasteiger partial charge in [-0.25, -0.2) is 8.42 Å². The summed E-state index contributed by atoms with van der Waals surface area (Å²) in [5.41, 5.74) is 1.39. The molecule has 3 atom stereocenters. The van der Waals surface area contributed by atoms with Crippen LogP contribution in [0.25, 0.3) is 0 Å². The van der Waals surface area contributed by atoms with E-state index in [0.29, 0.717) is 28.9 Å². The van der Waals surface area contributed by atoms with Crippen LogP contribution in [0.1, 0.15) is 68.3 Å². The Balaban J connectivity index is 1.66. The maximum atomic E-state index is 14.1. The third-order valence-corrected chi connectivity index (χ3v) is 10.9. The molecule has 3 aromatic rings. The molecular weight excluding hydrogens is 627 g/mol. The number of carbonyl (C=O) groups excluding carboxylic acids is 2. The van der Waals surface area contributed by atoms with E-state index in [9.17, 15) is 22.8 Å². The van der Waals surface area contributed by atoms with Crippen molar-refractivity contribution in [2.45, 2.75) is 66.9 Å². The van der Waals surface area contributed by atoms with E-state index < -0.39 is 52.4 Å². The Morgan fingerprint density at radius 1 is 1.07 bits per heavy atom. The average molecular weight is 668 g/mol. The van der Waals surface area contributed by atoms with Crippen LogP contribution in [0.3, 0.4) is 0 Å². The Morgan fingerprint density at radius 3 is 2.35 bits per heavy atom. The van der Waals surface area contributed by atoms with Crippen molar-refractivity contribution in [1.29, 1.82) is 0 Å². The summed E-state index contributed by atoms with van der Waals surface area (Å²) in [5, 5.41) is 17.7. The number of sulfone groups is 1. The second-order valence-electron chi connectivity index (χ2n) is 11.3. The fourth-order valence-corrected chi connectivity index (χ4v) is 8.40. The molecule has 1 heterocycles. The van der Waals surface area contributed by atoms with Crippen LogP contribution in [0.5, 0.6) is 5.75 Å². The fraction of sp³-hybridized carbons (Fsp3) is 0.382. The summed E-state index contributed by atoms with van der Waals surface area (Å²) in [4.78, 5) is 37.7. The minimum Gasteiger partial charge on any atom is -0.483 e. The molecule has 46 heavy (non-hydrogen) atoms. The molecule has 12 heteroatoms. The normalized spacial score (nSPS) is 19.2. The molecule has 4 rings (SSSR count). The summed E-state index contributed by atoms with van der Waals surface area (Å²) < 4.78 is 34.2. The molecule has 0 aliphatic carbocycles. The van der Waals surface area contributed by atoms with E-state index in [4.69, 9.17) is 9.84 Å². The maximum absolute atomic E-state index is 14.1. The zero-order chi connectivity index (χ0) is 33.3. The fourth-order valence-electron chi connectivity index (χ4n) is 5.70. The van der Waals surface area contributed by atoms with Gasteiger partial charge in [-0.05, 0) is 41.9 Å². The van der Waals surface area contributed by atoms with Crippen molar-refractivity contribution >= 4 is 39.4 Å². The second kappa shape index (κ2) is 15.6. The number of carbonyl (C=O) groups is 3. The molecular formula is C34H41N3O7S2. The van der Waals surface area contributed by atoms with Crippen molar-refractivity contribution in [3.8, 4) is 5.75 Å². The van der Waals surface area contributed by atoms with E-state index in [1.54, 1.807) is 30.3 Å². The van der Waals surface area contributed by atoms with Crippen LogP contribution in [-0.2, 0) is 24.2 Å². The van der Waals surface area contributed by atoms with Gasteiger partial charge in [0.15, 0.2) is 16.4 Å². The monoisotopic (exact) mass is 667 g/mol. The van der Waals surface area contributed by atoms with Crippen LogP contribution in [0.2, 0.25) is 0 Å². The van der Waals surface area contributed by atoms with Gasteiger partial charge in [0, 0.05) is 16.5 Å². The Hall–Kier alpha value is -3.87. The van der Waals surface area contributed by atoms with Crippen molar-refractivity contribution in [2.75, 3.05) is 25.2 Å². The third kappa shape index (κ3) is 8.48. The number of hydrogen-bond acceptors (Lipinski definition) is 8. The first-order valence-corrected chi connectivity index (χ1v) is 18.1. The summed E-state index contributed by atoms with van der Waals surface area (Å²) in [7, 11) is -3.79. The van der Waals surface area contributed by atoms with Crippen molar-refractivity contribution in [3.05, 3.63) is 89.5 Å². The summed E-state index contributed by atoms with van der Waals surface area (Å²) >= 11 is 1.37. The average Bonchev–Trinajstić information content (AvgIpc) is 3.16. The topological polar surface area (TPSA) is 151 Å². The molecule has 0 fully saturated rings. The van der Waals surface area contributed by atoms with Crippen molar-refractivity contribution in [2.24, 2.45) is 0 Å². The van der Waals surface area contributed by atoms with Crippen molar-refractivity contribution < 1.29 is 32.6 Å². The van der Waals surface area contributed by atoms with Gasteiger partial charge in [-0.2, -0.15) is 0 Å². The largest absolute Gasteiger partial charge is 0.483 e.